The van der Waals surface area contributed by atoms with Gasteiger partial charge in [0.05, 0.1) is 18.3 Å². The van der Waals surface area contributed by atoms with E-state index in [0.717, 1.165) is 30.6 Å². The van der Waals surface area contributed by atoms with Crippen LogP contribution in [0.15, 0.2) is 35.5 Å². The van der Waals surface area contributed by atoms with Crippen molar-refractivity contribution >= 4 is 0 Å². The first kappa shape index (κ1) is 22.8. The summed E-state index contributed by atoms with van der Waals surface area (Å²) in [7, 11) is 0. The van der Waals surface area contributed by atoms with Gasteiger partial charge in [-0.2, -0.15) is 0 Å². The summed E-state index contributed by atoms with van der Waals surface area (Å²) in [6.45, 7) is 14.2. The Morgan fingerprint density at radius 3 is 2.69 bits per heavy atom. The third-order valence-electron chi connectivity index (χ3n) is 7.94. The van der Waals surface area contributed by atoms with Gasteiger partial charge in [0.2, 0.25) is 0 Å². The maximum Gasteiger partial charge on any atom is 0.0811 e. The lowest BCUT2D eigenvalue weighted by atomic mass is 9.62. The van der Waals surface area contributed by atoms with Crippen molar-refractivity contribution in [2.45, 2.75) is 97.4 Å². The van der Waals surface area contributed by atoms with E-state index in [1.165, 1.54) is 25.7 Å². The molecule has 0 unspecified atom stereocenters. The highest BCUT2D eigenvalue weighted by Gasteiger charge is 2.51. The van der Waals surface area contributed by atoms with Gasteiger partial charge in [-0.15, -0.1) is 0 Å². The molecule has 3 nitrogen and oxygen atoms in total. The van der Waals surface area contributed by atoms with Crippen molar-refractivity contribution < 1.29 is 14.9 Å². The van der Waals surface area contributed by atoms with E-state index in [1.807, 2.05) is 0 Å². The molecular formula is C26H42O3. The number of hydrogen-bond donors (Lipinski definition) is 2. The molecule has 0 amide bonds. The van der Waals surface area contributed by atoms with Gasteiger partial charge in [0.25, 0.3) is 0 Å². The number of ether oxygens (including phenoxy) is 1. The second kappa shape index (κ2) is 9.49. The van der Waals surface area contributed by atoms with Crippen molar-refractivity contribution in [2.24, 2.45) is 23.2 Å². The predicted octanol–water partition coefficient (Wildman–Crippen LogP) is 5.58. The molecule has 0 aliphatic heterocycles. The van der Waals surface area contributed by atoms with Gasteiger partial charge in [-0.25, -0.2) is 0 Å². The normalized spacial score (nSPS) is 39.3. The molecule has 0 radical (unpaired) electrons. The Kier molecular flexibility index (Phi) is 7.46. The summed E-state index contributed by atoms with van der Waals surface area (Å²) in [5, 5.41) is 20.1. The summed E-state index contributed by atoms with van der Waals surface area (Å²) in [5.74, 6) is 1.95. The van der Waals surface area contributed by atoms with E-state index >= 15 is 0 Å². The predicted molar refractivity (Wildman–Crippen MR) is 120 cm³/mol. The molecule has 0 bridgehead atoms. The lowest BCUT2D eigenvalue weighted by Crippen LogP contribution is -2.38. The highest BCUT2D eigenvalue weighted by molar-refractivity contribution is 5.38. The van der Waals surface area contributed by atoms with Gasteiger partial charge in [-0.1, -0.05) is 45.1 Å². The van der Waals surface area contributed by atoms with Crippen molar-refractivity contribution in [1.82, 2.24) is 0 Å². The summed E-state index contributed by atoms with van der Waals surface area (Å²) >= 11 is 0. The van der Waals surface area contributed by atoms with E-state index in [9.17, 15) is 10.2 Å². The molecule has 3 saturated carbocycles. The molecule has 0 aromatic rings. The van der Waals surface area contributed by atoms with Crippen LogP contribution in [-0.2, 0) is 4.74 Å². The Morgan fingerprint density at radius 2 is 1.97 bits per heavy atom. The van der Waals surface area contributed by atoms with Crippen molar-refractivity contribution in [1.29, 1.82) is 0 Å². The molecule has 3 aliphatic carbocycles. The van der Waals surface area contributed by atoms with Crippen molar-refractivity contribution in [3.8, 4) is 0 Å². The molecule has 3 heteroatoms. The van der Waals surface area contributed by atoms with Crippen LogP contribution in [0.25, 0.3) is 0 Å². The van der Waals surface area contributed by atoms with Gasteiger partial charge >= 0.3 is 0 Å². The average molecular weight is 403 g/mol. The van der Waals surface area contributed by atoms with E-state index in [4.69, 9.17) is 4.74 Å². The third kappa shape index (κ3) is 5.06. The van der Waals surface area contributed by atoms with Crippen LogP contribution in [0.5, 0.6) is 0 Å². The molecule has 6 atom stereocenters. The molecule has 0 heterocycles. The Hall–Kier alpha value is -0.900. The quantitative estimate of drug-likeness (QED) is 0.610. The van der Waals surface area contributed by atoms with Crippen molar-refractivity contribution in [2.75, 3.05) is 6.61 Å². The molecule has 2 N–H and O–H groups in total. The number of hydrogen-bond acceptors (Lipinski definition) is 3. The standard InChI is InChI=1S/C26H42O3/c1-17(2)12-14-29-19(4)23-10-11-24-20(7-6-13-26(23,24)5)8-9-21-15-22(27)16-25(28)18(21)3/h8-9,17,19,22-25,27-28H,3,6-7,10-16H2,1-2,4-5H3/b20-8+,21-9+/t19-,22+,23+,24-,25-,26+/m0/s1. The second-order valence-corrected chi connectivity index (χ2v) is 10.4. The third-order valence-corrected chi connectivity index (χ3v) is 7.94. The minimum atomic E-state index is -0.611. The zero-order valence-electron chi connectivity index (χ0n) is 19.0. The summed E-state index contributed by atoms with van der Waals surface area (Å²) in [6, 6.07) is 0. The molecule has 3 aliphatic rings. The van der Waals surface area contributed by atoms with Crippen LogP contribution in [0, 0.1) is 23.2 Å². The van der Waals surface area contributed by atoms with Crippen molar-refractivity contribution in [3.05, 3.63) is 35.5 Å². The van der Waals surface area contributed by atoms with E-state index in [0.29, 0.717) is 42.1 Å². The summed E-state index contributed by atoms with van der Waals surface area (Å²) < 4.78 is 6.28. The largest absolute Gasteiger partial charge is 0.393 e. The zero-order valence-corrected chi connectivity index (χ0v) is 19.0. The topological polar surface area (TPSA) is 49.7 Å². The Morgan fingerprint density at radius 1 is 1.21 bits per heavy atom. The Bertz CT molecular complexity index is 646. The van der Waals surface area contributed by atoms with Gasteiger partial charge in [0.1, 0.15) is 0 Å². The minimum absolute atomic E-state index is 0.322. The molecule has 3 fully saturated rings. The minimum Gasteiger partial charge on any atom is -0.393 e. The number of rotatable bonds is 6. The van der Waals surface area contributed by atoms with E-state index in [2.05, 4.69) is 46.4 Å². The molecule has 164 valence electrons. The van der Waals surface area contributed by atoms with Gasteiger partial charge in [0, 0.05) is 13.0 Å². The number of aliphatic hydroxyl groups excluding tert-OH is 2. The number of allylic oxidation sites excluding steroid dienone is 3. The van der Waals surface area contributed by atoms with Crippen LogP contribution in [0.2, 0.25) is 0 Å². The summed E-state index contributed by atoms with van der Waals surface area (Å²) in [4.78, 5) is 0. The fourth-order valence-electron chi connectivity index (χ4n) is 6.12. The van der Waals surface area contributed by atoms with Gasteiger partial charge in [-0.05, 0) is 86.2 Å². The first-order valence-electron chi connectivity index (χ1n) is 11.8. The molecule has 3 rings (SSSR count). The van der Waals surface area contributed by atoms with Crippen LogP contribution < -0.4 is 0 Å². The highest BCUT2D eigenvalue weighted by atomic mass is 16.5. The van der Waals surface area contributed by atoms with Gasteiger partial charge < -0.3 is 14.9 Å². The lowest BCUT2D eigenvalue weighted by molar-refractivity contribution is -0.0279. The average Bonchev–Trinajstić information content (AvgIpc) is 3.00. The maximum atomic E-state index is 10.1. The first-order chi connectivity index (χ1) is 13.7. The van der Waals surface area contributed by atoms with Crippen LogP contribution in [-0.4, -0.2) is 35.1 Å². The molecule has 0 saturated heterocycles. The van der Waals surface area contributed by atoms with E-state index in [-0.39, 0.29) is 0 Å². The van der Waals surface area contributed by atoms with Gasteiger partial charge in [0.15, 0.2) is 0 Å². The maximum absolute atomic E-state index is 10.1. The van der Waals surface area contributed by atoms with Crippen LogP contribution in [0.3, 0.4) is 0 Å². The molecule has 29 heavy (non-hydrogen) atoms. The van der Waals surface area contributed by atoms with E-state index in [1.54, 1.807) is 5.57 Å². The fourth-order valence-corrected chi connectivity index (χ4v) is 6.12. The number of fused-ring (bicyclic) bond motifs is 1. The zero-order chi connectivity index (χ0) is 21.2. The fraction of sp³-hybridized carbons (Fsp3) is 0.769. The molecule has 0 spiro atoms. The first-order valence-corrected chi connectivity index (χ1v) is 11.8. The molecule has 0 aromatic heterocycles. The summed E-state index contributed by atoms with van der Waals surface area (Å²) in [5.41, 5.74) is 3.66. The van der Waals surface area contributed by atoms with Crippen LogP contribution in [0.4, 0.5) is 0 Å². The monoisotopic (exact) mass is 402 g/mol. The van der Waals surface area contributed by atoms with Crippen LogP contribution >= 0.6 is 0 Å². The smallest absolute Gasteiger partial charge is 0.0811 e. The second-order valence-electron chi connectivity index (χ2n) is 10.4. The van der Waals surface area contributed by atoms with Gasteiger partial charge in [-0.3, -0.25) is 0 Å². The Labute approximate surface area is 177 Å². The lowest BCUT2D eigenvalue weighted by Gasteiger charge is -2.44. The summed E-state index contributed by atoms with van der Waals surface area (Å²) in [6.07, 6.45) is 12.0. The molecule has 0 aromatic carbocycles. The highest BCUT2D eigenvalue weighted by Crippen LogP contribution is 2.58. The van der Waals surface area contributed by atoms with Crippen LogP contribution in [0.1, 0.15) is 79.1 Å². The number of aliphatic hydroxyl groups is 2. The molecular weight excluding hydrogens is 360 g/mol. The van der Waals surface area contributed by atoms with Crippen molar-refractivity contribution in [3.63, 3.8) is 0 Å². The van der Waals surface area contributed by atoms with E-state index < -0.39 is 12.2 Å². The Balaban J connectivity index is 1.71. The SMILES string of the molecule is C=C1/C(=C/C=C2\CCC[C@]3(C)[C@@H]([C@H](C)OCCC(C)C)CC[C@@H]23)C[C@@H](O)C[C@@H]1O.